The summed E-state index contributed by atoms with van der Waals surface area (Å²) in [6.07, 6.45) is 2.42. The van der Waals surface area contributed by atoms with Gasteiger partial charge in [-0.05, 0) is 39.5 Å². The van der Waals surface area contributed by atoms with Gasteiger partial charge in [0.1, 0.15) is 0 Å². The zero-order valence-corrected chi connectivity index (χ0v) is 15.2. The van der Waals surface area contributed by atoms with Gasteiger partial charge in [-0.3, -0.25) is 0 Å². The van der Waals surface area contributed by atoms with E-state index < -0.39 is 0 Å². The smallest absolute Gasteiger partial charge is 0.0868 e. The van der Waals surface area contributed by atoms with Gasteiger partial charge in [0.15, 0.2) is 0 Å². The molecule has 0 atom stereocenters. The maximum absolute atomic E-state index is 5.66. The lowest BCUT2D eigenvalue weighted by Gasteiger charge is -2.40. The van der Waals surface area contributed by atoms with E-state index in [-0.39, 0.29) is 5.41 Å². The van der Waals surface area contributed by atoms with E-state index >= 15 is 0 Å². The fourth-order valence-electron chi connectivity index (χ4n) is 5.29. The molecule has 3 aliphatic rings. The molecule has 1 fully saturated rings. The standard InChI is InChI=1S/C25H21NO/c1-4-10-21-18(7-1)17-24(26-13-15-27-16-14-26)25(21)22-11-5-2-8-19(22)20-9-3-6-12-23(20)25/h1-12,17H,13-16H2. The predicted octanol–water partition coefficient (Wildman–Crippen LogP) is 4.69. The zero-order valence-electron chi connectivity index (χ0n) is 15.2. The molecule has 1 saturated heterocycles. The van der Waals surface area contributed by atoms with Gasteiger partial charge in [0.25, 0.3) is 0 Å². The van der Waals surface area contributed by atoms with Crippen LogP contribution in [0.2, 0.25) is 0 Å². The van der Waals surface area contributed by atoms with Crippen LogP contribution >= 0.6 is 0 Å². The van der Waals surface area contributed by atoms with E-state index in [1.807, 2.05) is 0 Å². The van der Waals surface area contributed by atoms with Crippen LogP contribution in [0.3, 0.4) is 0 Å². The topological polar surface area (TPSA) is 12.5 Å². The van der Waals surface area contributed by atoms with Crippen molar-refractivity contribution in [1.82, 2.24) is 4.90 Å². The highest BCUT2D eigenvalue weighted by molar-refractivity contribution is 5.90. The van der Waals surface area contributed by atoms with Crippen LogP contribution < -0.4 is 0 Å². The van der Waals surface area contributed by atoms with Crippen molar-refractivity contribution in [1.29, 1.82) is 0 Å². The lowest BCUT2D eigenvalue weighted by Crippen LogP contribution is -2.42. The van der Waals surface area contributed by atoms with E-state index in [0.29, 0.717) is 0 Å². The van der Waals surface area contributed by atoms with E-state index in [1.54, 1.807) is 0 Å². The van der Waals surface area contributed by atoms with E-state index in [9.17, 15) is 0 Å². The number of allylic oxidation sites excluding steroid dienone is 1. The van der Waals surface area contributed by atoms with E-state index in [0.717, 1.165) is 26.3 Å². The minimum Gasteiger partial charge on any atom is -0.378 e. The first-order valence-electron chi connectivity index (χ1n) is 9.74. The summed E-state index contributed by atoms with van der Waals surface area (Å²) in [6, 6.07) is 26.8. The number of hydrogen-bond donors (Lipinski definition) is 0. The highest BCUT2D eigenvalue weighted by Gasteiger charge is 2.52. The highest BCUT2D eigenvalue weighted by Crippen LogP contribution is 2.60. The molecule has 1 spiro atoms. The van der Waals surface area contributed by atoms with E-state index in [2.05, 4.69) is 83.8 Å². The molecule has 0 unspecified atom stereocenters. The third-order valence-electron chi connectivity index (χ3n) is 6.35. The first kappa shape index (κ1) is 15.2. The van der Waals surface area contributed by atoms with Gasteiger partial charge in [-0.2, -0.15) is 0 Å². The molecule has 0 radical (unpaired) electrons. The monoisotopic (exact) mass is 351 g/mol. The molecule has 2 heteroatoms. The summed E-state index contributed by atoms with van der Waals surface area (Å²) in [7, 11) is 0. The number of rotatable bonds is 1. The molecule has 27 heavy (non-hydrogen) atoms. The van der Waals surface area contributed by atoms with Crippen molar-refractivity contribution in [2.24, 2.45) is 0 Å². The number of morpholine rings is 1. The van der Waals surface area contributed by atoms with Crippen LogP contribution in [0.25, 0.3) is 17.2 Å². The largest absolute Gasteiger partial charge is 0.378 e. The molecule has 132 valence electrons. The second-order valence-electron chi connectivity index (χ2n) is 7.56. The van der Waals surface area contributed by atoms with Crippen LogP contribution in [0.5, 0.6) is 0 Å². The Balaban J connectivity index is 1.71. The van der Waals surface area contributed by atoms with Crippen molar-refractivity contribution >= 4 is 6.08 Å². The second-order valence-corrected chi connectivity index (χ2v) is 7.56. The Morgan fingerprint density at radius 2 is 1.22 bits per heavy atom. The van der Waals surface area contributed by atoms with Gasteiger partial charge in [0.2, 0.25) is 0 Å². The van der Waals surface area contributed by atoms with Crippen molar-refractivity contribution in [3.8, 4) is 11.1 Å². The van der Waals surface area contributed by atoms with Gasteiger partial charge < -0.3 is 9.64 Å². The Kier molecular flexibility index (Phi) is 3.15. The quantitative estimate of drug-likeness (QED) is 0.631. The Labute approximate surface area is 159 Å². The van der Waals surface area contributed by atoms with Crippen LogP contribution in [-0.4, -0.2) is 31.2 Å². The van der Waals surface area contributed by atoms with Gasteiger partial charge in [-0.15, -0.1) is 0 Å². The van der Waals surface area contributed by atoms with Gasteiger partial charge >= 0.3 is 0 Å². The maximum atomic E-state index is 5.66. The van der Waals surface area contributed by atoms with Crippen LogP contribution in [0.4, 0.5) is 0 Å². The number of ether oxygens (including phenoxy) is 1. The van der Waals surface area contributed by atoms with Gasteiger partial charge in [0, 0.05) is 18.8 Å². The summed E-state index contributed by atoms with van der Waals surface area (Å²) >= 11 is 0. The van der Waals surface area contributed by atoms with Crippen LogP contribution in [0, 0.1) is 0 Å². The number of nitrogens with zero attached hydrogens (tertiary/aromatic N) is 1. The van der Waals surface area contributed by atoms with Crippen LogP contribution in [-0.2, 0) is 10.2 Å². The Bertz CT molecular complexity index is 1030. The molecule has 2 nitrogen and oxygen atoms in total. The van der Waals surface area contributed by atoms with E-state index in [4.69, 9.17) is 4.74 Å². The number of fused-ring (bicyclic) bond motifs is 7. The molecule has 0 saturated carbocycles. The first-order chi connectivity index (χ1) is 13.4. The molecule has 1 aliphatic heterocycles. The number of hydrogen-bond acceptors (Lipinski definition) is 2. The molecule has 0 amide bonds. The average molecular weight is 351 g/mol. The molecule has 6 rings (SSSR count). The Morgan fingerprint density at radius 3 is 1.89 bits per heavy atom. The van der Waals surface area contributed by atoms with Gasteiger partial charge in [0.05, 0.1) is 18.6 Å². The third kappa shape index (κ3) is 1.89. The molecule has 2 aliphatic carbocycles. The lowest BCUT2D eigenvalue weighted by molar-refractivity contribution is 0.0504. The van der Waals surface area contributed by atoms with Crippen LogP contribution in [0.1, 0.15) is 22.3 Å². The SMILES string of the molecule is C1=C(N2CCOCC2)C2(c3ccccc31)c1ccccc1-c1ccccc12. The number of benzene rings is 3. The minimum absolute atomic E-state index is 0.207. The van der Waals surface area contributed by atoms with E-state index in [1.165, 1.54) is 39.1 Å². The zero-order chi connectivity index (χ0) is 17.8. The second kappa shape index (κ2) is 5.58. The van der Waals surface area contributed by atoms with Gasteiger partial charge in [-0.1, -0.05) is 72.8 Å². The third-order valence-corrected chi connectivity index (χ3v) is 6.35. The summed E-state index contributed by atoms with van der Waals surface area (Å²) in [5.74, 6) is 0. The Hall–Kier alpha value is -2.84. The molecule has 3 aromatic rings. The molecule has 1 heterocycles. The summed E-state index contributed by atoms with van der Waals surface area (Å²) in [6.45, 7) is 3.50. The molecule has 3 aromatic carbocycles. The molecule has 0 N–H and O–H groups in total. The highest BCUT2D eigenvalue weighted by atomic mass is 16.5. The summed E-state index contributed by atoms with van der Waals surface area (Å²) in [4.78, 5) is 2.54. The molecular formula is C25H21NO. The van der Waals surface area contributed by atoms with Gasteiger partial charge in [-0.25, -0.2) is 0 Å². The predicted molar refractivity (Wildman–Crippen MR) is 109 cm³/mol. The Morgan fingerprint density at radius 1 is 0.667 bits per heavy atom. The summed E-state index contributed by atoms with van der Waals surface area (Å²) in [5.41, 5.74) is 9.50. The fourth-order valence-corrected chi connectivity index (χ4v) is 5.29. The minimum atomic E-state index is -0.207. The maximum Gasteiger partial charge on any atom is 0.0868 e. The lowest BCUT2D eigenvalue weighted by atomic mass is 9.71. The van der Waals surface area contributed by atoms with Crippen LogP contribution in [0.15, 0.2) is 78.5 Å². The van der Waals surface area contributed by atoms with Crippen molar-refractivity contribution in [3.05, 3.63) is 101 Å². The van der Waals surface area contributed by atoms with Crippen molar-refractivity contribution in [3.63, 3.8) is 0 Å². The average Bonchev–Trinajstić information content (AvgIpc) is 3.25. The van der Waals surface area contributed by atoms with Crippen molar-refractivity contribution < 1.29 is 4.74 Å². The first-order valence-corrected chi connectivity index (χ1v) is 9.74. The fraction of sp³-hybridized carbons (Fsp3) is 0.200. The summed E-state index contributed by atoms with van der Waals surface area (Å²) < 4.78 is 5.66. The normalized spacial score (nSPS) is 18.8. The van der Waals surface area contributed by atoms with Crippen molar-refractivity contribution in [2.45, 2.75) is 5.41 Å². The molecular weight excluding hydrogens is 330 g/mol. The summed E-state index contributed by atoms with van der Waals surface area (Å²) in [5, 5.41) is 0. The van der Waals surface area contributed by atoms with Crippen molar-refractivity contribution in [2.75, 3.05) is 26.3 Å². The molecule has 0 bridgehead atoms. The molecule has 0 aromatic heterocycles.